The Labute approximate surface area is 104 Å². The molecular formula is C14H21N3. The Kier molecular flexibility index (Phi) is 6.31. The summed E-state index contributed by atoms with van der Waals surface area (Å²) in [5.41, 5.74) is 1.22. The minimum Gasteiger partial charge on any atom is -0.320 e. The van der Waals surface area contributed by atoms with Gasteiger partial charge < -0.3 is 5.32 Å². The monoisotopic (exact) mass is 231 g/mol. The van der Waals surface area contributed by atoms with Gasteiger partial charge in [-0.2, -0.15) is 5.26 Å². The predicted octanol–water partition coefficient (Wildman–Crippen LogP) is 2.18. The SMILES string of the molecule is CNCCCN(C)C(CC#N)c1ccccc1. The summed E-state index contributed by atoms with van der Waals surface area (Å²) in [6.07, 6.45) is 1.64. The van der Waals surface area contributed by atoms with Crippen LogP contribution in [0.15, 0.2) is 30.3 Å². The van der Waals surface area contributed by atoms with Gasteiger partial charge in [-0.05, 0) is 39.2 Å². The molecule has 0 saturated carbocycles. The molecule has 1 N–H and O–H groups in total. The zero-order valence-electron chi connectivity index (χ0n) is 10.7. The Bertz CT molecular complexity index is 342. The van der Waals surface area contributed by atoms with Gasteiger partial charge in [0, 0.05) is 6.04 Å². The third kappa shape index (κ3) is 4.56. The van der Waals surface area contributed by atoms with Crippen molar-refractivity contribution in [1.82, 2.24) is 10.2 Å². The standard InChI is InChI=1S/C14H21N3/c1-16-11-6-12-17(2)14(9-10-15)13-7-4-3-5-8-13/h3-5,7-8,14,16H,6,9,11-12H2,1-2H3. The van der Waals surface area contributed by atoms with Crippen LogP contribution in [0.4, 0.5) is 0 Å². The summed E-state index contributed by atoms with van der Waals surface area (Å²) in [6.45, 7) is 2.01. The summed E-state index contributed by atoms with van der Waals surface area (Å²) in [5, 5.41) is 12.1. The molecule has 0 aliphatic carbocycles. The first-order valence-electron chi connectivity index (χ1n) is 6.06. The van der Waals surface area contributed by atoms with Gasteiger partial charge in [-0.15, -0.1) is 0 Å². The van der Waals surface area contributed by atoms with E-state index >= 15 is 0 Å². The number of hydrogen-bond acceptors (Lipinski definition) is 3. The van der Waals surface area contributed by atoms with Crippen LogP contribution < -0.4 is 5.32 Å². The van der Waals surface area contributed by atoms with E-state index in [1.165, 1.54) is 5.56 Å². The molecule has 0 bridgehead atoms. The molecule has 0 aliphatic heterocycles. The van der Waals surface area contributed by atoms with Crippen molar-refractivity contribution < 1.29 is 0 Å². The molecule has 0 spiro atoms. The molecule has 1 aromatic rings. The Morgan fingerprint density at radius 3 is 2.65 bits per heavy atom. The van der Waals surface area contributed by atoms with E-state index in [2.05, 4.69) is 35.5 Å². The fraction of sp³-hybridized carbons (Fsp3) is 0.500. The smallest absolute Gasteiger partial charge is 0.0641 e. The molecule has 1 atom stereocenters. The molecule has 3 nitrogen and oxygen atoms in total. The lowest BCUT2D eigenvalue weighted by atomic mass is 10.0. The van der Waals surface area contributed by atoms with E-state index < -0.39 is 0 Å². The lowest BCUT2D eigenvalue weighted by Gasteiger charge is -2.26. The molecule has 0 amide bonds. The van der Waals surface area contributed by atoms with Gasteiger partial charge in [-0.3, -0.25) is 4.90 Å². The van der Waals surface area contributed by atoms with Crippen LogP contribution in [0, 0.1) is 11.3 Å². The number of benzene rings is 1. The van der Waals surface area contributed by atoms with E-state index in [1.807, 2.05) is 25.2 Å². The maximum absolute atomic E-state index is 8.93. The molecular weight excluding hydrogens is 210 g/mol. The van der Waals surface area contributed by atoms with Gasteiger partial charge >= 0.3 is 0 Å². The van der Waals surface area contributed by atoms with Crippen LogP contribution >= 0.6 is 0 Å². The van der Waals surface area contributed by atoms with Crippen molar-refractivity contribution in [3.05, 3.63) is 35.9 Å². The van der Waals surface area contributed by atoms with E-state index in [0.29, 0.717) is 6.42 Å². The summed E-state index contributed by atoms with van der Waals surface area (Å²) >= 11 is 0. The predicted molar refractivity (Wildman–Crippen MR) is 70.6 cm³/mol. The molecule has 0 fully saturated rings. The molecule has 17 heavy (non-hydrogen) atoms. The summed E-state index contributed by atoms with van der Waals surface area (Å²) in [6, 6.07) is 12.7. The zero-order chi connectivity index (χ0) is 12.5. The van der Waals surface area contributed by atoms with E-state index in [0.717, 1.165) is 19.5 Å². The van der Waals surface area contributed by atoms with Crippen LogP contribution in [-0.4, -0.2) is 32.1 Å². The number of rotatable bonds is 7. The second-order valence-electron chi connectivity index (χ2n) is 4.23. The lowest BCUT2D eigenvalue weighted by molar-refractivity contribution is 0.244. The minimum absolute atomic E-state index is 0.207. The Balaban J connectivity index is 2.62. The second-order valence-corrected chi connectivity index (χ2v) is 4.23. The Morgan fingerprint density at radius 2 is 2.06 bits per heavy atom. The third-order valence-corrected chi connectivity index (χ3v) is 2.94. The Morgan fingerprint density at radius 1 is 1.35 bits per heavy atom. The molecule has 1 rings (SSSR count). The van der Waals surface area contributed by atoms with Crippen molar-refractivity contribution in [3.63, 3.8) is 0 Å². The van der Waals surface area contributed by atoms with Gasteiger partial charge in [0.25, 0.3) is 0 Å². The van der Waals surface area contributed by atoms with Gasteiger partial charge in [0.15, 0.2) is 0 Å². The molecule has 0 aromatic heterocycles. The van der Waals surface area contributed by atoms with Gasteiger partial charge in [0.1, 0.15) is 0 Å². The van der Waals surface area contributed by atoms with Gasteiger partial charge in [0.05, 0.1) is 12.5 Å². The van der Waals surface area contributed by atoms with Crippen LogP contribution in [0.3, 0.4) is 0 Å². The maximum atomic E-state index is 8.93. The van der Waals surface area contributed by atoms with E-state index in [9.17, 15) is 0 Å². The summed E-state index contributed by atoms with van der Waals surface area (Å²) in [5.74, 6) is 0. The first-order chi connectivity index (χ1) is 8.29. The quantitative estimate of drug-likeness (QED) is 0.731. The van der Waals surface area contributed by atoms with Crippen LogP contribution in [-0.2, 0) is 0 Å². The fourth-order valence-electron chi connectivity index (χ4n) is 1.95. The highest BCUT2D eigenvalue weighted by molar-refractivity contribution is 5.19. The molecule has 0 aliphatic rings. The summed E-state index contributed by atoms with van der Waals surface area (Å²) in [7, 11) is 4.05. The summed E-state index contributed by atoms with van der Waals surface area (Å²) < 4.78 is 0. The molecule has 1 unspecified atom stereocenters. The highest BCUT2D eigenvalue weighted by atomic mass is 15.1. The van der Waals surface area contributed by atoms with E-state index in [-0.39, 0.29) is 6.04 Å². The molecule has 0 saturated heterocycles. The maximum Gasteiger partial charge on any atom is 0.0641 e. The lowest BCUT2D eigenvalue weighted by Crippen LogP contribution is -2.27. The van der Waals surface area contributed by atoms with Gasteiger partial charge in [0.2, 0.25) is 0 Å². The Hall–Kier alpha value is -1.37. The molecule has 1 aromatic carbocycles. The topological polar surface area (TPSA) is 39.1 Å². The van der Waals surface area contributed by atoms with E-state index in [1.54, 1.807) is 0 Å². The average Bonchev–Trinajstić information content (AvgIpc) is 2.37. The van der Waals surface area contributed by atoms with Crippen molar-refractivity contribution in [2.45, 2.75) is 18.9 Å². The molecule has 92 valence electrons. The third-order valence-electron chi connectivity index (χ3n) is 2.94. The first-order valence-corrected chi connectivity index (χ1v) is 6.06. The van der Waals surface area contributed by atoms with Gasteiger partial charge in [-0.25, -0.2) is 0 Å². The summed E-state index contributed by atoms with van der Waals surface area (Å²) in [4.78, 5) is 2.26. The van der Waals surface area contributed by atoms with Crippen molar-refractivity contribution in [2.75, 3.05) is 27.2 Å². The average molecular weight is 231 g/mol. The van der Waals surface area contributed by atoms with Crippen LogP contribution in [0.25, 0.3) is 0 Å². The van der Waals surface area contributed by atoms with Crippen molar-refractivity contribution in [3.8, 4) is 6.07 Å². The second kappa shape index (κ2) is 7.83. The largest absolute Gasteiger partial charge is 0.320 e. The molecule has 3 heteroatoms. The van der Waals surface area contributed by atoms with Crippen LogP contribution in [0.5, 0.6) is 0 Å². The highest BCUT2D eigenvalue weighted by Gasteiger charge is 2.15. The fourth-order valence-corrected chi connectivity index (χ4v) is 1.95. The minimum atomic E-state index is 0.207. The van der Waals surface area contributed by atoms with Crippen molar-refractivity contribution in [1.29, 1.82) is 5.26 Å². The number of nitriles is 1. The van der Waals surface area contributed by atoms with Gasteiger partial charge in [-0.1, -0.05) is 30.3 Å². The number of nitrogens with one attached hydrogen (secondary N) is 1. The van der Waals surface area contributed by atoms with Crippen LogP contribution in [0.1, 0.15) is 24.4 Å². The molecule has 0 radical (unpaired) electrons. The van der Waals surface area contributed by atoms with Crippen molar-refractivity contribution >= 4 is 0 Å². The van der Waals surface area contributed by atoms with E-state index in [4.69, 9.17) is 5.26 Å². The number of hydrogen-bond donors (Lipinski definition) is 1. The highest BCUT2D eigenvalue weighted by Crippen LogP contribution is 2.22. The van der Waals surface area contributed by atoms with Crippen LogP contribution in [0.2, 0.25) is 0 Å². The zero-order valence-corrected chi connectivity index (χ0v) is 10.7. The number of nitrogens with zero attached hydrogens (tertiary/aromatic N) is 2. The normalized spacial score (nSPS) is 12.4. The van der Waals surface area contributed by atoms with Crippen molar-refractivity contribution in [2.24, 2.45) is 0 Å². The molecule has 0 heterocycles. The first kappa shape index (κ1) is 13.7.